The van der Waals surface area contributed by atoms with Crippen LogP contribution in [0.1, 0.15) is 85.1 Å². The first-order valence-electron chi connectivity index (χ1n) is 9.37. The molecule has 2 aliphatic carbocycles. The van der Waals surface area contributed by atoms with Gasteiger partial charge < -0.3 is 10.3 Å². The number of carboxylic acid groups (broad SMARTS) is 1. The van der Waals surface area contributed by atoms with Gasteiger partial charge in [-0.2, -0.15) is 0 Å². The monoisotopic (exact) mass is 346 g/mol. The molecule has 0 saturated heterocycles. The molecule has 2 aliphatic rings. The quantitative estimate of drug-likeness (QED) is 0.659. The van der Waals surface area contributed by atoms with E-state index in [0.717, 1.165) is 64.2 Å². The van der Waals surface area contributed by atoms with E-state index in [9.17, 15) is 14.8 Å². The minimum absolute atomic E-state index is 0.00260. The molecule has 136 valence electrons. The van der Waals surface area contributed by atoms with E-state index in [-0.39, 0.29) is 23.3 Å². The second-order valence-corrected chi connectivity index (χ2v) is 7.33. The fraction of sp³-hybridized carbons (Fsp3) is 0.632. The summed E-state index contributed by atoms with van der Waals surface area (Å²) in [4.78, 5) is 28.5. The van der Waals surface area contributed by atoms with Gasteiger partial charge in [0.05, 0.1) is 17.6 Å². The first-order valence-corrected chi connectivity index (χ1v) is 9.37. The molecule has 1 aromatic rings. The van der Waals surface area contributed by atoms with Gasteiger partial charge in [0.1, 0.15) is 0 Å². The average molecular weight is 346 g/mol. The number of quaternary nitrogens is 1. The highest BCUT2D eigenvalue weighted by Gasteiger charge is 2.45. The molecule has 1 aromatic heterocycles. The summed E-state index contributed by atoms with van der Waals surface area (Å²) in [7, 11) is 0. The predicted molar refractivity (Wildman–Crippen MR) is 92.9 cm³/mol. The van der Waals surface area contributed by atoms with Gasteiger partial charge in [-0.05, 0) is 37.8 Å². The molecule has 0 unspecified atom stereocenters. The van der Waals surface area contributed by atoms with Crippen molar-refractivity contribution in [1.29, 1.82) is 0 Å². The number of carbonyl (C=O) groups excluding carboxylic acids is 1. The molecule has 1 N–H and O–H groups in total. The van der Waals surface area contributed by atoms with Crippen molar-refractivity contribution >= 4 is 11.9 Å². The SMILES string of the molecule is O=C(O)c1ccnc(C(=O)[N+]([O-])(C2CCCCC2)C2CCCCC2)c1. The molecule has 2 fully saturated rings. The van der Waals surface area contributed by atoms with Crippen molar-refractivity contribution in [2.75, 3.05) is 0 Å². The summed E-state index contributed by atoms with van der Waals surface area (Å²) >= 11 is 0. The van der Waals surface area contributed by atoms with E-state index < -0.39 is 16.5 Å². The minimum atomic E-state index is -1.12. The van der Waals surface area contributed by atoms with Crippen molar-refractivity contribution in [1.82, 2.24) is 4.98 Å². The first kappa shape index (κ1) is 18.0. The number of amides is 1. The fourth-order valence-electron chi connectivity index (χ4n) is 4.42. The van der Waals surface area contributed by atoms with E-state index in [0.29, 0.717) is 0 Å². The van der Waals surface area contributed by atoms with Crippen LogP contribution in [0.5, 0.6) is 0 Å². The molecule has 0 bridgehead atoms. The normalized spacial score (nSPS) is 20.4. The Kier molecular flexibility index (Phi) is 5.49. The summed E-state index contributed by atoms with van der Waals surface area (Å²) < 4.78 is -0.837. The first-order chi connectivity index (χ1) is 12.0. The van der Waals surface area contributed by atoms with E-state index in [2.05, 4.69) is 4.98 Å². The van der Waals surface area contributed by atoms with Gasteiger partial charge >= 0.3 is 11.9 Å². The van der Waals surface area contributed by atoms with Gasteiger partial charge in [-0.25, -0.2) is 14.6 Å². The van der Waals surface area contributed by atoms with Crippen LogP contribution in [0.3, 0.4) is 0 Å². The zero-order valence-corrected chi connectivity index (χ0v) is 14.5. The van der Waals surface area contributed by atoms with Gasteiger partial charge in [-0.15, -0.1) is 0 Å². The number of carboxylic acids is 1. The second kappa shape index (κ2) is 7.62. The number of carbonyl (C=O) groups is 2. The Bertz CT molecular complexity index is 616. The third-order valence-corrected chi connectivity index (χ3v) is 5.78. The molecule has 3 rings (SSSR count). The van der Waals surface area contributed by atoms with Gasteiger partial charge in [-0.3, -0.25) is 4.65 Å². The van der Waals surface area contributed by atoms with Crippen LogP contribution in [0.15, 0.2) is 18.3 Å². The maximum atomic E-state index is 14.0. The van der Waals surface area contributed by atoms with Gasteiger partial charge in [0.25, 0.3) is 0 Å². The molecule has 1 amide bonds. The Morgan fingerprint density at radius 2 is 1.52 bits per heavy atom. The molecule has 6 nitrogen and oxygen atoms in total. The number of rotatable bonds is 4. The van der Waals surface area contributed by atoms with Gasteiger partial charge in [0, 0.05) is 31.9 Å². The van der Waals surface area contributed by atoms with Crippen molar-refractivity contribution in [3.8, 4) is 0 Å². The van der Waals surface area contributed by atoms with E-state index in [1.807, 2.05) is 0 Å². The van der Waals surface area contributed by atoms with E-state index in [1.54, 1.807) is 0 Å². The lowest BCUT2D eigenvalue weighted by Crippen LogP contribution is -2.62. The number of hydroxylamine groups is 3. The smallest absolute Gasteiger partial charge is 0.364 e. The number of nitrogens with zero attached hydrogens (tertiary/aromatic N) is 2. The zero-order valence-electron chi connectivity index (χ0n) is 14.5. The molecule has 6 heteroatoms. The molecule has 25 heavy (non-hydrogen) atoms. The van der Waals surface area contributed by atoms with Crippen LogP contribution in [0, 0.1) is 5.21 Å². The van der Waals surface area contributed by atoms with Crippen LogP contribution in [0.4, 0.5) is 0 Å². The van der Waals surface area contributed by atoms with Crippen LogP contribution in [0.2, 0.25) is 0 Å². The molecule has 0 spiro atoms. The maximum Gasteiger partial charge on any atom is 0.364 e. The standard InChI is InChI=1S/C19H26N2O4/c22-18(17-13-14(19(23)24)11-12-20-17)21(25,15-7-3-1-4-8-15)16-9-5-2-6-10-16/h11-13,15-16H,1-10H2,(H,23,24). The fourth-order valence-corrected chi connectivity index (χ4v) is 4.42. The second-order valence-electron chi connectivity index (χ2n) is 7.33. The van der Waals surface area contributed by atoms with Crippen molar-refractivity contribution in [3.63, 3.8) is 0 Å². The maximum absolute atomic E-state index is 14.0. The van der Waals surface area contributed by atoms with Gasteiger partial charge in [0.2, 0.25) is 0 Å². The van der Waals surface area contributed by atoms with Crippen LogP contribution >= 0.6 is 0 Å². The highest BCUT2D eigenvalue weighted by Crippen LogP contribution is 2.37. The largest absolute Gasteiger partial charge is 0.625 e. The Morgan fingerprint density at radius 1 is 1.00 bits per heavy atom. The van der Waals surface area contributed by atoms with Crippen molar-refractivity contribution in [3.05, 3.63) is 34.8 Å². The highest BCUT2D eigenvalue weighted by atomic mass is 16.6. The Morgan fingerprint density at radius 3 is 2.00 bits per heavy atom. The third-order valence-electron chi connectivity index (χ3n) is 5.78. The number of aromatic carboxylic acids is 1. The van der Waals surface area contributed by atoms with Crippen LogP contribution < -0.4 is 0 Å². The summed E-state index contributed by atoms with van der Waals surface area (Å²) in [5.74, 6) is -1.67. The summed E-state index contributed by atoms with van der Waals surface area (Å²) in [5.41, 5.74) is -0.0109. The average Bonchev–Trinajstić information content (AvgIpc) is 2.68. The molecular formula is C19H26N2O4. The number of aromatic nitrogens is 1. The zero-order chi connectivity index (χ0) is 17.9. The number of hydrogen-bond acceptors (Lipinski definition) is 4. The number of pyridine rings is 1. The third kappa shape index (κ3) is 3.60. The van der Waals surface area contributed by atoms with Crippen molar-refractivity contribution < 1.29 is 19.3 Å². The van der Waals surface area contributed by atoms with E-state index in [4.69, 9.17) is 5.11 Å². The Labute approximate surface area is 148 Å². The van der Waals surface area contributed by atoms with Crippen molar-refractivity contribution in [2.45, 2.75) is 76.3 Å². The lowest BCUT2D eigenvalue weighted by Gasteiger charge is -2.53. The molecule has 0 atom stereocenters. The van der Waals surface area contributed by atoms with Crippen molar-refractivity contribution in [2.24, 2.45) is 0 Å². The topological polar surface area (TPSA) is 90.3 Å². The summed E-state index contributed by atoms with van der Waals surface area (Å²) in [6.07, 6.45) is 10.5. The molecule has 1 heterocycles. The minimum Gasteiger partial charge on any atom is -0.625 e. The molecule has 0 radical (unpaired) electrons. The molecule has 2 saturated carbocycles. The Hall–Kier alpha value is -1.79. The van der Waals surface area contributed by atoms with Crippen LogP contribution in [-0.4, -0.2) is 38.7 Å². The molecule has 0 aromatic carbocycles. The number of hydrogen-bond donors (Lipinski definition) is 1. The summed E-state index contributed by atoms with van der Waals surface area (Å²) in [5, 5.41) is 23.2. The summed E-state index contributed by atoms with van der Waals surface area (Å²) in [6, 6.07) is 2.15. The Balaban J connectivity index is 1.96. The van der Waals surface area contributed by atoms with Gasteiger partial charge in [0.15, 0.2) is 5.69 Å². The lowest BCUT2D eigenvalue weighted by molar-refractivity contribution is -0.855. The molecular weight excluding hydrogens is 320 g/mol. The van der Waals surface area contributed by atoms with Gasteiger partial charge in [-0.1, -0.05) is 12.8 Å². The van der Waals surface area contributed by atoms with E-state index >= 15 is 0 Å². The highest BCUT2D eigenvalue weighted by molar-refractivity contribution is 5.93. The molecule has 0 aliphatic heterocycles. The predicted octanol–water partition coefficient (Wildman–Crippen LogP) is 3.90. The lowest BCUT2D eigenvalue weighted by atomic mass is 9.87. The van der Waals surface area contributed by atoms with Crippen LogP contribution in [-0.2, 0) is 0 Å². The van der Waals surface area contributed by atoms with E-state index in [1.165, 1.54) is 18.3 Å². The summed E-state index contributed by atoms with van der Waals surface area (Å²) in [6.45, 7) is 0. The van der Waals surface area contributed by atoms with Crippen LogP contribution in [0.25, 0.3) is 0 Å².